The number of hydrogen-bond acceptors (Lipinski definition) is 2. The summed E-state index contributed by atoms with van der Waals surface area (Å²) in [4.78, 5) is 0. The highest BCUT2D eigenvalue weighted by Gasteiger charge is 1.96. The third kappa shape index (κ3) is 3.21. The normalized spacial score (nSPS) is 9.86. The Morgan fingerprint density at radius 3 is 2.21 bits per heavy atom. The SMILES string of the molecule is CCC(=N)OCc1ccc(CC)cc1. The highest BCUT2D eigenvalue weighted by molar-refractivity contribution is 5.72. The second kappa shape index (κ2) is 5.43. The lowest BCUT2D eigenvalue weighted by Crippen LogP contribution is -2.01. The molecule has 1 aromatic carbocycles. The van der Waals surface area contributed by atoms with Gasteiger partial charge in [-0.1, -0.05) is 38.1 Å². The summed E-state index contributed by atoms with van der Waals surface area (Å²) in [6, 6.07) is 8.33. The van der Waals surface area contributed by atoms with Crippen molar-refractivity contribution in [3.05, 3.63) is 35.4 Å². The zero-order valence-electron chi connectivity index (χ0n) is 8.84. The van der Waals surface area contributed by atoms with Gasteiger partial charge in [0.15, 0.2) is 5.90 Å². The second-order valence-electron chi connectivity index (χ2n) is 3.24. The molecule has 1 rings (SSSR count). The molecular formula is C12H17NO. The number of aryl methyl sites for hydroxylation is 1. The van der Waals surface area contributed by atoms with Crippen LogP contribution in [-0.2, 0) is 17.8 Å². The standard InChI is InChI=1S/C12H17NO/c1-3-10-5-7-11(8-6-10)9-14-12(13)4-2/h5-8,13H,3-4,9H2,1-2H3. The van der Waals surface area contributed by atoms with Gasteiger partial charge in [-0.3, -0.25) is 5.41 Å². The number of benzene rings is 1. The first-order valence-electron chi connectivity index (χ1n) is 5.04. The van der Waals surface area contributed by atoms with Gasteiger partial charge in [0.05, 0.1) is 0 Å². The van der Waals surface area contributed by atoms with E-state index in [9.17, 15) is 0 Å². The fourth-order valence-corrected chi connectivity index (χ4v) is 1.14. The van der Waals surface area contributed by atoms with E-state index in [-0.39, 0.29) is 0 Å². The van der Waals surface area contributed by atoms with Crippen molar-refractivity contribution >= 4 is 5.90 Å². The van der Waals surface area contributed by atoms with Gasteiger partial charge in [0.2, 0.25) is 0 Å². The molecule has 76 valence electrons. The van der Waals surface area contributed by atoms with E-state index in [0.29, 0.717) is 18.9 Å². The molecule has 0 atom stereocenters. The summed E-state index contributed by atoms with van der Waals surface area (Å²) in [6.07, 6.45) is 1.72. The maximum absolute atomic E-state index is 7.34. The molecule has 0 spiro atoms. The van der Waals surface area contributed by atoms with Crippen LogP contribution < -0.4 is 0 Å². The van der Waals surface area contributed by atoms with Gasteiger partial charge in [0.1, 0.15) is 6.61 Å². The molecule has 0 aliphatic heterocycles. The van der Waals surface area contributed by atoms with Crippen LogP contribution in [0.5, 0.6) is 0 Å². The highest BCUT2D eigenvalue weighted by atomic mass is 16.5. The first kappa shape index (κ1) is 10.8. The number of ether oxygens (including phenoxy) is 1. The van der Waals surface area contributed by atoms with Crippen LogP contribution in [0.4, 0.5) is 0 Å². The minimum atomic E-state index is 0.351. The minimum absolute atomic E-state index is 0.351. The van der Waals surface area contributed by atoms with Gasteiger partial charge in [-0.05, 0) is 17.5 Å². The van der Waals surface area contributed by atoms with E-state index in [1.54, 1.807) is 0 Å². The molecular weight excluding hydrogens is 174 g/mol. The van der Waals surface area contributed by atoms with Crippen molar-refractivity contribution in [1.29, 1.82) is 5.41 Å². The van der Waals surface area contributed by atoms with Crippen molar-refractivity contribution in [3.8, 4) is 0 Å². The molecule has 0 unspecified atom stereocenters. The molecule has 0 amide bonds. The molecule has 0 aliphatic carbocycles. The van der Waals surface area contributed by atoms with E-state index < -0.39 is 0 Å². The van der Waals surface area contributed by atoms with Gasteiger partial charge in [-0.2, -0.15) is 0 Å². The Bertz CT molecular complexity index is 290. The van der Waals surface area contributed by atoms with Crippen molar-refractivity contribution < 1.29 is 4.74 Å². The maximum Gasteiger partial charge on any atom is 0.180 e. The zero-order valence-corrected chi connectivity index (χ0v) is 8.84. The highest BCUT2D eigenvalue weighted by Crippen LogP contribution is 2.06. The summed E-state index contributed by atoms with van der Waals surface area (Å²) in [5.41, 5.74) is 2.46. The molecule has 0 fully saturated rings. The Labute approximate surface area is 85.4 Å². The molecule has 14 heavy (non-hydrogen) atoms. The molecule has 0 radical (unpaired) electrons. The van der Waals surface area contributed by atoms with Crippen LogP contribution in [0.15, 0.2) is 24.3 Å². The van der Waals surface area contributed by atoms with Gasteiger partial charge >= 0.3 is 0 Å². The minimum Gasteiger partial charge on any atom is -0.476 e. The van der Waals surface area contributed by atoms with E-state index >= 15 is 0 Å². The summed E-state index contributed by atoms with van der Waals surface area (Å²) in [7, 11) is 0. The van der Waals surface area contributed by atoms with Gasteiger partial charge in [0.25, 0.3) is 0 Å². The Kier molecular flexibility index (Phi) is 4.17. The largest absolute Gasteiger partial charge is 0.476 e. The summed E-state index contributed by atoms with van der Waals surface area (Å²) in [6.45, 7) is 4.57. The predicted molar refractivity (Wildman–Crippen MR) is 58.6 cm³/mol. The maximum atomic E-state index is 7.34. The lowest BCUT2D eigenvalue weighted by atomic mass is 10.1. The molecule has 0 saturated carbocycles. The molecule has 0 aromatic heterocycles. The lowest BCUT2D eigenvalue weighted by molar-refractivity contribution is 0.282. The van der Waals surface area contributed by atoms with Crippen LogP contribution in [0, 0.1) is 5.41 Å². The van der Waals surface area contributed by atoms with Crippen LogP contribution in [0.1, 0.15) is 31.4 Å². The van der Waals surface area contributed by atoms with Crippen molar-refractivity contribution in [2.75, 3.05) is 0 Å². The average molecular weight is 191 g/mol. The number of hydrogen-bond donors (Lipinski definition) is 1. The summed E-state index contributed by atoms with van der Waals surface area (Å²) in [5, 5.41) is 7.34. The Morgan fingerprint density at radius 1 is 1.14 bits per heavy atom. The molecule has 2 nitrogen and oxygen atoms in total. The zero-order chi connectivity index (χ0) is 10.4. The third-order valence-electron chi connectivity index (χ3n) is 2.17. The Balaban J connectivity index is 2.47. The lowest BCUT2D eigenvalue weighted by Gasteiger charge is -2.05. The Morgan fingerprint density at radius 2 is 1.71 bits per heavy atom. The van der Waals surface area contributed by atoms with Crippen LogP contribution >= 0.6 is 0 Å². The molecule has 1 aromatic rings. The van der Waals surface area contributed by atoms with Gasteiger partial charge in [-0.25, -0.2) is 0 Å². The van der Waals surface area contributed by atoms with Gasteiger partial charge in [0, 0.05) is 6.42 Å². The fourth-order valence-electron chi connectivity index (χ4n) is 1.14. The van der Waals surface area contributed by atoms with E-state index in [2.05, 4.69) is 31.2 Å². The molecule has 0 saturated heterocycles. The molecule has 0 aliphatic rings. The van der Waals surface area contributed by atoms with Gasteiger partial charge in [-0.15, -0.1) is 0 Å². The van der Waals surface area contributed by atoms with Crippen molar-refractivity contribution in [3.63, 3.8) is 0 Å². The van der Waals surface area contributed by atoms with Crippen molar-refractivity contribution in [2.24, 2.45) is 0 Å². The molecule has 2 heteroatoms. The molecule has 0 bridgehead atoms. The number of rotatable bonds is 4. The Hall–Kier alpha value is -1.31. The van der Waals surface area contributed by atoms with Crippen LogP contribution in [0.3, 0.4) is 0 Å². The quantitative estimate of drug-likeness (QED) is 0.575. The summed E-state index contributed by atoms with van der Waals surface area (Å²) in [5.74, 6) is 0.351. The monoisotopic (exact) mass is 191 g/mol. The van der Waals surface area contributed by atoms with E-state index in [4.69, 9.17) is 10.1 Å². The first-order valence-corrected chi connectivity index (χ1v) is 5.04. The third-order valence-corrected chi connectivity index (χ3v) is 2.17. The van der Waals surface area contributed by atoms with E-state index in [1.165, 1.54) is 5.56 Å². The van der Waals surface area contributed by atoms with Gasteiger partial charge < -0.3 is 4.74 Å². The second-order valence-corrected chi connectivity index (χ2v) is 3.24. The summed E-state index contributed by atoms with van der Waals surface area (Å²) >= 11 is 0. The van der Waals surface area contributed by atoms with E-state index in [0.717, 1.165) is 12.0 Å². The fraction of sp³-hybridized carbons (Fsp3) is 0.417. The topological polar surface area (TPSA) is 33.1 Å². The van der Waals surface area contributed by atoms with E-state index in [1.807, 2.05) is 6.92 Å². The van der Waals surface area contributed by atoms with Crippen molar-refractivity contribution in [2.45, 2.75) is 33.3 Å². The smallest absolute Gasteiger partial charge is 0.180 e. The average Bonchev–Trinajstić information content (AvgIpc) is 2.26. The summed E-state index contributed by atoms with van der Waals surface area (Å²) < 4.78 is 5.23. The van der Waals surface area contributed by atoms with Crippen LogP contribution in [0.25, 0.3) is 0 Å². The molecule has 1 N–H and O–H groups in total. The van der Waals surface area contributed by atoms with Crippen molar-refractivity contribution in [1.82, 2.24) is 0 Å². The predicted octanol–water partition coefficient (Wildman–Crippen LogP) is 3.15. The molecule has 0 heterocycles. The number of nitrogens with one attached hydrogen (secondary N) is 1. The van der Waals surface area contributed by atoms with Crippen LogP contribution in [-0.4, -0.2) is 5.90 Å². The van der Waals surface area contributed by atoms with Crippen LogP contribution in [0.2, 0.25) is 0 Å². The first-order chi connectivity index (χ1) is 6.76.